The number of nitrogens with one attached hydrogen (secondary N) is 1. The fourth-order valence-corrected chi connectivity index (χ4v) is 2.24. The summed E-state index contributed by atoms with van der Waals surface area (Å²) in [6.45, 7) is 7.93. The third-order valence-electron chi connectivity index (χ3n) is 3.16. The van der Waals surface area contributed by atoms with Gasteiger partial charge in [0.25, 0.3) is 5.56 Å². The second-order valence-corrected chi connectivity index (χ2v) is 5.26. The first-order chi connectivity index (χ1) is 8.63. The van der Waals surface area contributed by atoms with Crippen molar-refractivity contribution in [1.29, 1.82) is 0 Å². The Labute approximate surface area is 117 Å². The number of aryl methyl sites for hydroxylation is 1. The summed E-state index contributed by atoms with van der Waals surface area (Å²) in [5.74, 6) is 0.634. The number of anilines is 1. The van der Waals surface area contributed by atoms with Crippen molar-refractivity contribution >= 4 is 21.6 Å². The zero-order valence-corrected chi connectivity index (χ0v) is 13.0. The van der Waals surface area contributed by atoms with Crippen molar-refractivity contribution in [3.8, 4) is 0 Å². The molecule has 4 nitrogen and oxygen atoms in total. The minimum absolute atomic E-state index is 0.0635. The minimum Gasteiger partial charge on any atom is -0.382 e. The van der Waals surface area contributed by atoms with Crippen molar-refractivity contribution in [3.05, 3.63) is 21.0 Å². The van der Waals surface area contributed by atoms with Crippen LogP contribution in [0.25, 0.3) is 0 Å². The van der Waals surface area contributed by atoms with Gasteiger partial charge in [-0.1, -0.05) is 33.6 Å². The van der Waals surface area contributed by atoms with Crippen LogP contribution in [-0.4, -0.2) is 16.3 Å². The van der Waals surface area contributed by atoms with Crippen LogP contribution in [0.1, 0.15) is 40.0 Å². The molecule has 0 atom stereocenters. The maximum atomic E-state index is 12.0. The van der Waals surface area contributed by atoms with Crippen LogP contribution in [-0.2, 0) is 6.54 Å². The largest absolute Gasteiger partial charge is 0.382 e. The molecule has 0 aliphatic carbocycles. The van der Waals surface area contributed by atoms with Gasteiger partial charge in [0.2, 0.25) is 0 Å². The van der Waals surface area contributed by atoms with Gasteiger partial charge in [-0.15, -0.1) is 0 Å². The number of halogens is 1. The summed E-state index contributed by atoms with van der Waals surface area (Å²) >= 11 is 3.36. The Bertz CT molecular complexity index is 427. The first kappa shape index (κ1) is 15.2. The lowest BCUT2D eigenvalue weighted by Gasteiger charge is -2.15. The van der Waals surface area contributed by atoms with E-state index in [1.165, 1.54) is 4.68 Å². The van der Waals surface area contributed by atoms with Crippen LogP contribution in [0.3, 0.4) is 0 Å². The van der Waals surface area contributed by atoms with Crippen LogP contribution >= 0.6 is 15.9 Å². The van der Waals surface area contributed by atoms with Crippen LogP contribution < -0.4 is 10.9 Å². The highest BCUT2D eigenvalue weighted by atomic mass is 79.9. The molecule has 0 amide bonds. The van der Waals surface area contributed by atoms with Crippen molar-refractivity contribution in [2.45, 2.75) is 46.6 Å². The van der Waals surface area contributed by atoms with Crippen LogP contribution in [0, 0.1) is 5.92 Å². The molecule has 0 aromatic carbocycles. The highest BCUT2D eigenvalue weighted by Gasteiger charge is 2.09. The summed E-state index contributed by atoms with van der Waals surface area (Å²) in [6, 6.07) is 0. The van der Waals surface area contributed by atoms with Crippen LogP contribution in [0.2, 0.25) is 0 Å². The highest BCUT2D eigenvalue weighted by molar-refractivity contribution is 9.10. The maximum Gasteiger partial charge on any atom is 0.283 e. The second kappa shape index (κ2) is 7.56. The summed E-state index contributed by atoms with van der Waals surface area (Å²) in [5.41, 5.74) is 0.727. The summed E-state index contributed by atoms with van der Waals surface area (Å²) in [5, 5.41) is 7.47. The average Bonchev–Trinajstić information content (AvgIpc) is 2.38. The Morgan fingerprint density at radius 3 is 2.61 bits per heavy atom. The molecule has 1 aromatic rings. The molecule has 0 spiro atoms. The number of nitrogens with zero attached hydrogens (tertiary/aromatic N) is 2. The minimum atomic E-state index is -0.0635. The molecule has 102 valence electrons. The molecule has 1 N–H and O–H groups in total. The Hall–Kier alpha value is -0.840. The first-order valence-electron chi connectivity index (χ1n) is 6.63. The molecular weight excluding hydrogens is 294 g/mol. The number of hydrogen-bond acceptors (Lipinski definition) is 3. The molecule has 1 heterocycles. The third-order valence-corrected chi connectivity index (χ3v) is 3.92. The van der Waals surface area contributed by atoms with Crippen molar-refractivity contribution in [2.24, 2.45) is 5.92 Å². The van der Waals surface area contributed by atoms with E-state index in [1.54, 1.807) is 6.20 Å². The number of hydrogen-bond donors (Lipinski definition) is 1. The Morgan fingerprint density at radius 2 is 2.06 bits per heavy atom. The van der Waals surface area contributed by atoms with E-state index >= 15 is 0 Å². The molecule has 0 radical (unpaired) electrons. The van der Waals surface area contributed by atoms with Gasteiger partial charge in [-0.25, -0.2) is 4.68 Å². The van der Waals surface area contributed by atoms with E-state index in [-0.39, 0.29) is 5.56 Å². The summed E-state index contributed by atoms with van der Waals surface area (Å²) in [4.78, 5) is 12.0. The van der Waals surface area contributed by atoms with Gasteiger partial charge in [0.15, 0.2) is 0 Å². The van der Waals surface area contributed by atoms with Crippen molar-refractivity contribution in [1.82, 2.24) is 9.78 Å². The van der Waals surface area contributed by atoms with Gasteiger partial charge in [-0.3, -0.25) is 4.79 Å². The van der Waals surface area contributed by atoms with Gasteiger partial charge in [0.1, 0.15) is 4.47 Å². The van der Waals surface area contributed by atoms with E-state index in [2.05, 4.69) is 40.2 Å². The normalized spacial score (nSPS) is 10.9. The molecule has 5 heteroatoms. The van der Waals surface area contributed by atoms with Crippen molar-refractivity contribution in [2.75, 3.05) is 11.9 Å². The molecule has 0 bridgehead atoms. The Morgan fingerprint density at radius 1 is 1.39 bits per heavy atom. The quantitative estimate of drug-likeness (QED) is 0.840. The number of rotatable bonds is 7. The molecular formula is C13H22BrN3O. The van der Waals surface area contributed by atoms with Crippen molar-refractivity contribution < 1.29 is 0 Å². The monoisotopic (exact) mass is 315 g/mol. The SMILES string of the molecule is CCCn1ncc(NCC(CC)CC)c(Br)c1=O. The fraction of sp³-hybridized carbons (Fsp3) is 0.692. The lowest BCUT2D eigenvalue weighted by atomic mass is 10.0. The smallest absolute Gasteiger partial charge is 0.283 e. The first-order valence-corrected chi connectivity index (χ1v) is 7.42. The standard InChI is InChI=1S/C13H22BrN3O/c1-4-7-17-13(18)12(14)11(9-16-17)15-8-10(5-2)6-3/h9-10,15H,4-8H2,1-3H3. The predicted molar refractivity (Wildman–Crippen MR) is 79.0 cm³/mol. The molecule has 0 fully saturated rings. The molecule has 1 aromatic heterocycles. The van der Waals surface area contributed by atoms with Crippen molar-refractivity contribution in [3.63, 3.8) is 0 Å². The summed E-state index contributed by atoms with van der Waals surface area (Å²) in [7, 11) is 0. The lowest BCUT2D eigenvalue weighted by molar-refractivity contribution is 0.518. The van der Waals surface area contributed by atoms with Crippen LogP contribution in [0.5, 0.6) is 0 Å². The van der Waals surface area contributed by atoms with E-state index in [0.29, 0.717) is 16.9 Å². The average molecular weight is 316 g/mol. The van der Waals surface area contributed by atoms with Gasteiger partial charge in [0.05, 0.1) is 11.9 Å². The van der Waals surface area contributed by atoms with Crippen LogP contribution in [0.15, 0.2) is 15.5 Å². The van der Waals surface area contributed by atoms with Gasteiger partial charge in [-0.2, -0.15) is 5.10 Å². The highest BCUT2D eigenvalue weighted by Crippen LogP contribution is 2.17. The molecule has 0 saturated carbocycles. The third kappa shape index (κ3) is 3.83. The van der Waals surface area contributed by atoms with Gasteiger partial charge < -0.3 is 5.32 Å². The van der Waals surface area contributed by atoms with E-state index < -0.39 is 0 Å². The maximum absolute atomic E-state index is 12.0. The number of aromatic nitrogens is 2. The van der Waals surface area contributed by atoms with E-state index in [9.17, 15) is 4.79 Å². The van der Waals surface area contributed by atoms with Gasteiger partial charge >= 0.3 is 0 Å². The zero-order chi connectivity index (χ0) is 13.5. The molecule has 18 heavy (non-hydrogen) atoms. The lowest BCUT2D eigenvalue weighted by Crippen LogP contribution is -2.25. The molecule has 0 unspecified atom stereocenters. The van der Waals surface area contributed by atoms with Crippen LogP contribution in [0.4, 0.5) is 5.69 Å². The molecule has 0 aliphatic rings. The Balaban J connectivity index is 2.79. The van der Waals surface area contributed by atoms with E-state index in [4.69, 9.17) is 0 Å². The zero-order valence-electron chi connectivity index (χ0n) is 11.4. The van der Waals surface area contributed by atoms with E-state index in [1.807, 2.05) is 6.92 Å². The molecule has 0 aliphatic heterocycles. The summed E-state index contributed by atoms with van der Waals surface area (Å²) in [6.07, 6.45) is 4.91. The predicted octanol–water partition coefficient (Wildman–Crippen LogP) is 3.26. The van der Waals surface area contributed by atoms with Gasteiger partial charge in [0, 0.05) is 13.1 Å². The summed E-state index contributed by atoms with van der Waals surface area (Å²) < 4.78 is 2.07. The van der Waals surface area contributed by atoms with Gasteiger partial charge in [-0.05, 0) is 28.3 Å². The molecule has 1 rings (SSSR count). The second-order valence-electron chi connectivity index (χ2n) is 4.46. The topological polar surface area (TPSA) is 46.9 Å². The fourth-order valence-electron chi connectivity index (χ4n) is 1.79. The Kier molecular flexibility index (Phi) is 6.39. The molecule has 0 saturated heterocycles. The van der Waals surface area contributed by atoms with E-state index in [0.717, 1.165) is 31.5 Å².